The number of phenols is 2. The second-order valence-corrected chi connectivity index (χ2v) is 24.5. The van der Waals surface area contributed by atoms with Crippen LogP contribution in [-0.2, 0) is 51.4 Å². The average Bonchev–Trinajstić information content (AvgIpc) is 0.787. The van der Waals surface area contributed by atoms with Crippen LogP contribution < -0.4 is 47.4 Å². The van der Waals surface area contributed by atoms with Gasteiger partial charge >= 0.3 is 0 Å². The number of aromatic hydroxyl groups is 2. The average molecular weight is 1490 g/mol. The molecule has 556 valence electrons. The predicted molar refractivity (Wildman–Crippen MR) is 400 cm³/mol. The standard InChI is InChI=1S/2C37H40N2O6.4ClH.7H2O/c2*1-38-14-12-24-19-32(41-3)33-21-27(24)28(38)16-22-6-9-26(10-7-22)44-31-18-23(8-11-30(31)40)17-29-35-25(13-15-39(29)2)20-34(42-4)36(43-5)37(35)45-33;;;;;;;;;;;/h2*6-11,18-21,28-29,40H,12-17H2,1-5H3;4*1H;7*1H2/t2*28-,29+;;;;;;;;;;;/m00.........../s1. The number of likely N-dealkylation sites (N-methyl/N-ethyl adjacent to an activating group) is 4. The van der Waals surface area contributed by atoms with Crippen LogP contribution in [0.25, 0.3) is 0 Å². The van der Waals surface area contributed by atoms with E-state index in [1.165, 1.54) is 33.4 Å². The molecule has 8 aromatic carbocycles. The van der Waals surface area contributed by atoms with Gasteiger partial charge in [0.15, 0.2) is 69.0 Å². The molecular weight excluding hydrogens is 1390 g/mol. The first-order chi connectivity index (χ1) is 43.7. The number of ether oxygens (including phenoxy) is 10. The minimum atomic E-state index is -0.0402. The Kier molecular flexibility index (Phi) is 33.4. The maximum Gasteiger partial charge on any atom is 0.204 e. The molecule has 8 aliphatic heterocycles. The lowest BCUT2D eigenvalue weighted by molar-refractivity contribution is 0.220. The minimum absolute atomic E-state index is 0. The van der Waals surface area contributed by atoms with Crippen molar-refractivity contribution in [2.24, 2.45) is 0 Å². The Morgan fingerprint density at radius 2 is 0.624 bits per heavy atom. The van der Waals surface area contributed by atoms with Gasteiger partial charge in [0, 0.05) is 61.5 Å². The van der Waals surface area contributed by atoms with Crippen molar-refractivity contribution in [3.8, 4) is 92.0 Å². The Bertz CT molecular complexity index is 3770. The molecule has 8 aliphatic rings. The lowest BCUT2D eigenvalue weighted by Gasteiger charge is -2.37. The van der Waals surface area contributed by atoms with Crippen LogP contribution in [0.3, 0.4) is 0 Å². The smallest absolute Gasteiger partial charge is 0.204 e. The van der Waals surface area contributed by atoms with E-state index in [2.05, 4.69) is 108 Å². The van der Waals surface area contributed by atoms with Gasteiger partial charge in [0.1, 0.15) is 11.5 Å². The molecule has 16 rings (SSSR count). The number of rotatable bonds is 6. The SMILES string of the molecule is COc1cc2c3cc1Oc1c(OC)c(OC)cc4c1[C@@H](Cc1ccc(O)c(c1)Oc1ccc(cc1)C[C@@H]3N(C)CC2)N(C)CC4.COc1cc2c3cc1Oc1c(OC)c(OC)cc4c1[C@@H](Cc1ccc(O)c(c1)Oc1ccc(cc1)C[C@@H]3N(C)CC2)N(C)CC4.Cl.Cl.Cl.Cl.O.O.O.O.O.O.O. The van der Waals surface area contributed by atoms with Crippen molar-refractivity contribution in [2.75, 3.05) is 97.0 Å². The highest BCUT2D eigenvalue weighted by Gasteiger charge is 2.38. The minimum Gasteiger partial charge on any atom is -0.504 e. The number of phenolic OH excluding ortho intramolecular Hbond substituents is 2. The number of nitrogens with zero attached hydrogens (tertiary/aromatic N) is 4. The first-order valence-electron chi connectivity index (χ1n) is 31.0. The normalized spacial score (nSPS) is 17.3. The summed E-state index contributed by atoms with van der Waals surface area (Å²) in [5, 5.41) is 21.5. The third kappa shape index (κ3) is 17.6. The van der Waals surface area contributed by atoms with E-state index in [1.807, 2.05) is 48.5 Å². The Hall–Kier alpha value is -7.92. The fourth-order valence-corrected chi connectivity index (χ4v) is 14.2. The molecule has 0 radical (unpaired) electrons. The number of halogens is 4. The monoisotopic (exact) mass is 1490 g/mol. The summed E-state index contributed by atoms with van der Waals surface area (Å²) in [6.45, 7) is 3.64. The number of hydrogen-bond donors (Lipinski definition) is 2. The van der Waals surface area contributed by atoms with Crippen LogP contribution in [0.5, 0.6) is 92.0 Å². The molecule has 8 heterocycles. The highest BCUT2D eigenvalue weighted by molar-refractivity contribution is 5.86. The van der Waals surface area contributed by atoms with Crippen LogP contribution in [0.15, 0.2) is 121 Å². The molecule has 0 saturated heterocycles. The van der Waals surface area contributed by atoms with E-state index in [1.54, 1.807) is 54.8 Å². The van der Waals surface area contributed by atoms with Crippen LogP contribution in [0.1, 0.15) is 90.9 Å². The fourth-order valence-electron chi connectivity index (χ4n) is 14.2. The molecule has 12 bridgehead atoms. The van der Waals surface area contributed by atoms with Crippen LogP contribution in [-0.4, -0.2) is 165 Å². The van der Waals surface area contributed by atoms with Crippen molar-refractivity contribution < 1.29 is 95.9 Å². The number of hydrogen-bond acceptors (Lipinski definition) is 16. The number of fused-ring (bicyclic) bond motifs is 4. The molecule has 23 nitrogen and oxygen atoms in total. The van der Waals surface area contributed by atoms with E-state index >= 15 is 0 Å². The Balaban J connectivity index is 0.000000619. The number of benzene rings is 8. The molecule has 0 unspecified atom stereocenters. The lowest BCUT2D eigenvalue weighted by Crippen LogP contribution is -2.34. The van der Waals surface area contributed by atoms with Gasteiger partial charge in [0.25, 0.3) is 0 Å². The van der Waals surface area contributed by atoms with E-state index in [-0.39, 0.29) is 124 Å². The molecule has 0 fully saturated rings. The summed E-state index contributed by atoms with van der Waals surface area (Å²) in [4.78, 5) is 9.51. The maximum absolute atomic E-state index is 10.7. The lowest BCUT2D eigenvalue weighted by atomic mass is 9.87. The topological polar surface area (TPSA) is 366 Å². The largest absolute Gasteiger partial charge is 0.504 e. The van der Waals surface area contributed by atoms with Crippen LogP contribution in [0, 0.1) is 0 Å². The van der Waals surface area contributed by atoms with Crippen molar-refractivity contribution in [2.45, 2.75) is 75.5 Å². The Morgan fingerprint density at radius 3 is 0.950 bits per heavy atom. The molecule has 0 aliphatic carbocycles. The van der Waals surface area contributed by atoms with Gasteiger partial charge in [-0.25, -0.2) is 0 Å². The molecule has 16 N–H and O–H groups in total. The molecule has 0 saturated carbocycles. The first-order valence-corrected chi connectivity index (χ1v) is 31.0. The fraction of sp³-hybridized carbons (Fsp3) is 0.351. The maximum atomic E-state index is 10.7. The second kappa shape index (κ2) is 37.8. The van der Waals surface area contributed by atoms with Gasteiger partial charge in [0.05, 0.1) is 42.7 Å². The van der Waals surface area contributed by atoms with Gasteiger partial charge in [-0.2, -0.15) is 0 Å². The molecular formula is C74H98Cl4N4O19. The summed E-state index contributed by atoms with van der Waals surface area (Å²) in [5.41, 5.74) is 13.9. The predicted octanol–water partition coefficient (Wildman–Crippen LogP) is 9.63. The Morgan fingerprint density at radius 1 is 0.327 bits per heavy atom. The zero-order valence-corrected chi connectivity index (χ0v) is 61.5. The third-order valence-corrected chi connectivity index (χ3v) is 19.3. The Labute approximate surface area is 614 Å². The van der Waals surface area contributed by atoms with Gasteiger partial charge in [0.2, 0.25) is 11.5 Å². The highest BCUT2D eigenvalue weighted by atomic mass is 35.5. The van der Waals surface area contributed by atoms with Crippen molar-refractivity contribution in [1.82, 2.24) is 19.6 Å². The zero-order valence-electron chi connectivity index (χ0n) is 58.2. The summed E-state index contributed by atoms with van der Waals surface area (Å²) >= 11 is 0. The van der Waals surface area contributed by atoms with E-state index in [0.29, 0.717) is 93.3 Å². The van der Waals surface area contributed by atoms with Crippen LogP contribution in [0.2, 0.25) is 0 Å². The molecule has 27 heteroatoms. The number of methoxy groups -OCH3 is 6. The van der Waals surface area contributed by atoms with Crippen LogP contribution >= 0.6 is 49.6 Å². The van der Waals surface area contributed by atoms with Crippen molar-refractivity contribution in [1.29, 1.82) is 0 Å². The first kappa shape index (κ1) is 89.2. The summed E-state index contributed by atoms with van der Waals surface area (Å²) in [6, 6.07) is 40.5. The van der Waals surface area contributed by atoms with Gasteiger partial charge in [-0.05, 0) is 220 Å². The third-order valence-electron chi connectivity index (χ3n) is 19.3. The van der Waals surface area contributed by atoms with Gasteiger partial charge < -0.3 is 95.9 Å². The zero-order chi connectivity index (χ0) is 62.5. The summed E-state index contributed by atoms with van der Waals surface area (Å²) in [7, 11) is 18.7. The van der Waals surface area contributed by atoms with Crippen molar-refractivity contribution >= 4 is 49.6 Å². The molecule has 0 spiro atoms. The van der Waals surface area contributed by atoms with E-state index < -0.39 is 0 Å². The van der Waals surface area contributed by atoms with E-state index in [0.717, 1.165) is 98.1 Å². The molecule has 101 heavy (non-hydrogen) atoms. The van der Waals surface area contributed by atoms with Crippen LogP contribution in [0.4, 0.5) is 0 Å². The van der Waals surface area contributed by atoms with Crippen molar-refractivity contribution in [3.05, 3.63) is 188 Å². The summed E-state index contributed by atoms with van der Waals surface area (Å²) in [5.74, 6) is 8.75. The van der Waals surface area contributed by atoms with Gasteiger partial charge in [-0.3, -0.25) is 19.6 Å². The molecule has 0 aromatic heterocycles. The quantitative estimate of drug-likeness (QED) is 0.156. The molecule has 4 atom stereocenters. The van der Waals surface area contributed by atoms with E-state index in [9.17, 15) is 10.2 Å². The summed E-state index contributed by atoms with van der Waals surface area (Å²) < 4.78 is 62.1. The second-order valence-electron chi connectivity index (χ2n) is 24.5. The van der Waals surface area contributed by atoms with Gasteiger partial charge in [-0.15, -0.1) is 49.6 Å². The summed E-state index contributed by atoms with van der Waals surface area (Å²) in [6.07, 6.45) is 6.51. The van der Waals surface area contributed by atoms with Crippen molar-refractivity contribution in [3.63, 3.8) is 0 Å². The highest BCUT2D eigenvalue weighted by Crippen LogP contribution is 2.55. The van der Waals surface area contributed by atoms with Gasteiger partial charge in [-0.1, -0.05) is 36.4 Å². The molecule has 8 aromatic rings. The van der Waals surface area contributed by atoms with E-state index in [4.69, 9.17) is 47.4 Å². The molecule has 0 amide bonds.